The monoisotopic (exact) mass is 488 g/mol. The Morgan fingerprint density at radius 1 is 1.22 bits per heavy atom. The number of nitrogens with two attached hydrogens (primary N) is 1. The van der Waals surface area contributed by atoms with Crippen LogP contribution in [0.3, 0.4) is 0 Å². The van der Waals surface area contributed by atoms with Crippen molar-refractivity contribution in [2.45, 2.75) is 18.8 Å². The number of nitrogens with zero attached hydrogens (tertiary/aromatic N) is 5. The van der Waals surface area contributed by atoms with Gasteiger partial charge in [0.25, 0.3) is 5.88 Å². The predicted octanol–water partition coefficient (Wildman–Crippen LogP) is 4.21. The fourth-order valence-electron chi connectivity index (χ4n) is 4.55. The summed E-state index contributed by atoms with van der Waals surface area (Å²) in [5.41, 5.74) is 8.65. The van der Waals surface area contributed by atoms with Crippen molar-refractivity contribution < 1.29 is 18.7 Å². The molecule has 9 nitrogen and oxygen atoms in total. The Kier molecular flexibility index (Phi) is 6.24. The van der Waals surface area contributed by atoms with Gasteiger partial charge in [0.2, 0.25) is 11.9 Å². The second-order valence-electron chi connectivity index (χ2n) is 8.43. The number of pyridine rings is 1. The SMILES string of the molecule is C=CC(=O)N1CCCC(c2nc(-c3ccc(Oc4ncccc4F)c(OC)c3)n3c(N)nccc23)C1. The van der Waals surface area contributed by atoms with E-state index in [2.05, 4.69) is 16.5 Å². The largest absolute Gasteiger partial charge is 0.493 e. The Morgan fingerprint density at radius 2 is 2.08 bits per heavy atom. The first-order chi connectivity index (χ1) is 17.5. The maximum absolute atomic E-state index is 14.1. The Balaban J connectivity index is 1.56. The van der Waals surface area contributed by atoms with Gasteiger partial charge in [0.1, 0.15) is 5.82 Å². The number of nitrogen functional groups attached to an aromatic ring is 1. The molecule has 0 aliphatic carbocycles. The van der Waals surface area contributed by atoms with E-state index >= 15 is 0 Å². The molecule has 0 radical (unpaired) electrons. The first kappa shape index (κ1) is 23.3. The topological polar surface area (TPSA) is 108 Å². The molecule has 3 aromatic heterocycles. The van der Waals surface area contributed by atoms with E-state index in [1.165, 1.54) is 31.5 Å². The number of aromatic nitrogens is 4. The lowest BCUT2D eigenvalue weighted by Crippen LogP contribution is -2.38. The first-order valence-electron chi connectivity index (χ1n) is 11.5. The van der Waals surface area contributed by atoms with Crippen molar-refractivity contribution in [1.29, 1.82) is 0 Å². The van der Waals surface area contributed by atoms with Crippen LogP contribution in [0.25, 0.3) is 16.9 Å². The molecule has 0 spiro atoms. The number of imidazole rings is 1. The summed E-state index contributed by atoms with van der Waals surface area (Å²) in [5.74, 6) is 0.747. The van der Waals surface area contributed by atoms with Crippen molar-refractivity contribution in [2.24, 2.45) is 0 Å². The van der Waals surface area contributed by atoms with E-state index in [9.17, 15) is 9.18 Å². The van der Waals surface area contributed by atoms with Gasteiger partial charge in [0, 0.05) is 37.0 Å². The Labute approximate surface area is 207 Å². The number of likely N-dealkylation sites (tertiary alicyclic amines) is 1. The molecule has 184 valence electrons. The average molecular weight is 489 g/mol. The molecule has 2 N–H and O–H groups in total. The fraction of sp³-hybridized carbons (Fsp3) is 0.231. The molecular weight excluding hydrogens is 463 g/mol. The highest BCUT2D eigenvalue weighted by Crippen LogP contribution is 2.38. The first-order valence-corrected chi connectivity index (χ1v) is 11.5. The summed E-state index contributed by atoms with van der Waals surface area (Å²) >= 11 is 0. The van der Waals surface area contributed by atoms with Crippen LogP contribution in [0.5, 0.6) is 17.4 Å². The van der Waals surface area contributed by atoms with Crippen LogP contribution < -0.4 is 15.2 Å². The van der Waals surface area contributed by atoms with E-state index in [0.717, 1.165) is 24.1 Å². The molecule has 4 aromatic rings. The minimum atomic E-state index is -0.581. The summed E-state index contributed by atoms with van der Waals surface area (Å²) in [6.45, 7) is 4.85. The molecule has 36 heavy (non-hydrogen) atoms. The third-order valence-corrected chi connectivity index (χ3v) is 6.26. The lowest BCUT2D eigenvalue weighted by atomic mass is 9.94. The second kappa shape index (κ2) is 9.65. The molecule has 1 atom stereocenters. The number of carbonyl (C=O) groups excluding carboxylic acids is 1. The number of fused-ring (bicyclic) bond motifs is 1. The highest BCUT2D eigenvalue weighted by molar-refractivity contribution is 5.87. The van der Waals surface area contributed by atoms with Gasteiger partial charge in [-0.2, -0.15) is 0 Å². The molecule has 1 amide bonds. The van der Waals surface area contributed by atoms with Gasteiger partial charge < -0.3 is 20.1 Å². The summed E-state index contributed by atoms with van der Waals surface area (Å²) in [5, 5.41) is 0. The molecule has 1 saturated heterocycles. The van der Waals surface area contributed by atoms with Gasteiger partial charge in [-0.05, 0) is 55.3 Å². The number of rotatable bonds is 6. The summed E-state index contributed by atoms with van der Waals surface area (Å²) in [6.07, 6.45) is 6.19. The number of hydrogen-bond acceptors (Lipinski definition) is 7. The van der Waals surface area contributed by atoms with Crippen LogP contribution in [0.2, 0.25) is 0 Å². The van der Waals surface area contributed by atoms with Crippen LogP contribution >= 0.6 is 0 Å². The van der Waals surface area contributed by atoms with Crippen LogP contribution in [-0.2, 0) is 4.79 Å². The molecule has 1 aromatic carbocycles. The lowest BCUT2D eigenvalue weighted by Gasteiger charge is -2.31. The molecule has 1 unspecified atom stereocenters. The molecule has 1 fully saturated rings. The molecule has 10 heteroatoms. The summed E-state index contributed by atoms with van der Waals surface area (Å²) < 4.78 is 27.0. The highest BCUT2D eigenvalue weighted by atomic mass is 19.1. The van der Waals surface area contributed by atoms with E-state index in [4.69, 9.17) is 20.2 Å². The number of halogens is 1. The van der Waals surface area contributed by atoms with E-state index in [-0.39, 0.29) is 23.7 Å². The average Bonchev–Trinajstić information content (AvgIpc) is 3.31. The smallest absolute Gasteiger partial charge is 0.255 e. The number of benzene rings is 1. The van der Waals surface area contributed by atoms with Gasteiger partial charge in [-0.25, -0.2) is 19.3 Å². The summed E-state index contributed by atoms with van der Waals surface area (Å²) in [4.78, 5) is 27.2. The van der Waals surface area contributed by atoms with Crippen LogP contribution in [0.15, 0.2) is 61.4 Å². The molecule has 0 saturated carbocycles. The van der Waals surface area contributed by atoms with Gasteiger partial charge in [-0.15, -0.1) is 0 Å². The summed E-state index contributed by atoms with van der Waals surface area (Å²) in [6, 6.07) is 9.83. The molecule has 1 aliphatic heterocycles. The van der Waals surface area contributed by atoms with Gasteiger partial charge in [0.05, 0.1) is 18.3 Å². The van der Waals surface area contributed by atoms with Gasteiger partial charge in [-0.1, -0.05) is 6.58 Å². The number of methoxy groups -OCH3 is 1. The molecule has 5 rings (SSSR count). The Hall–Kier alpha value is -4.47. The summed E-state index contributed by atoms with van der Waals surface area (Å²) in [7, 11) is 1.50. The van der Waals surface area contributed by atoms with Gasteiger partial charge in [0.15, 0.2) is 17.3 Å². The number of carbonyl (C=O) groups is 1. The number of hydrogen-bond donors (Lipinski definition) is 1. The second-order valence-corrected chi connectivity index (χ2v) is 8.43. The van der Waals surface area contributed by atoms with E-state index in [1.807, 2.05) is 6.07 Å². The minimum Gasteiger partial charge on any atom is -0.493 e. The number of ether oxygens (including phenoxy) is 2. The van der Waals surface area contributed by atoms with Crippen molar-refractivity contribution in [2.75, 3.05) is 25.9 Å². The van der Waals surface area contributed by atoms with Crippen molar-refractivity contribution in [3.05, 3.63) is 73.0 Å². The zero-order valence-electron chi connectivity index (χ0n) is 19.7. The molecular formula is C26H25FN6O3. The van der Waals surface area contributed by atoms with Crippen LogP contribution in [0.1, 0.15) is 24.5 Å². The van der Waals surface area contributed by atoms with E-state index in [0.29, 0.717) is 36.0 Å². The van der Waals surface area contributed by atoms with Gasteiger partial charge in [-0.3, -0.25) is 9.20 Å². The fourth-order valence-corrected chi connectivity index (χ4v) is 4.55. The molecule has 4 heterocycles. The standard InChI is InChI=1S/C26H25FN6O3/c1-3-22(34)32-13-5-6-17(15-32)23-19-10-12-30-26(28)33(19)24(31-23)16-8-9-20(21(14-16)35-2)36-25-18(27)7-4-11-29-25/h3-4,7-12,14,17H,1,5-6,13,15H2,2H3,(H2,28,30). The zero-order chi connectivity index (χ0) is 25.2. The van der Waals surface area contributed by atoms with Crippen LogP contribution in [-0.4, -0.2) is 50.4 Å². The Morgan fingerprint density at radius 3 is 2.86 bits per heavy atom. The minimum absolute atomic E-state index is 0.0323. The maximum Gasteiger partial charge on any atom is 0.255 e. The van der Waals surface area contributed by atoms with Crippen molar-refractivity contribution in [1.82, 2.24) is 24.3 Å². The lowest BCUT2D eigenvalue weighted by molar-refractivity contribution is -0.127. The molecule has 0 bridgehead atoms. The van der Waals surface area contributed by atoms with Gasteiger partial charge >= 0.3 is 0 Å². The quantitative estimate of drug-likeness (QED) is 0.405. The molecule has 1 aliphatic rings. The van der Waals surface area contributed by atoms with Crippen LogP contribution in [0, 0.1) is 5.82 Å². The zero-order valence-corrected chi connectivity index (χ0v) is 19.7. The van der Waals surface area contributed by atoms with Crippen molar-refractivity contribution in [3.63, 3.8) is 0 Å². The number of anilines is 1. The highest BCUT2D eigenvalue weighted by Gasteiger charge is 2.28. The van der Waals surface area contributed by atoms with Crippen molar-refractivity contribution in [3.8, 4) is 28.8 Å². The normalized spacial score (nSPS) is 15.6. The Bertz CT molecular complexity index is 1450. The van der Waals surface area contributed by atoms with Crippen molar-refractivity contribution >= 4 is 17.4 Å². The van der Waals surface area contributed by atoms with E-state index < -0.39 is 5.82 Å². The predicted molar refractivity (Wildman–Crippen MR) is 132 cm³/mol. The van der Waals surface area contributed by atoms with Crippen LogP contribution in [0.4, 0.5) is 10.3 Å². The number of amides is 1. The third kappa shape index (κ3) is 4.21. The van der Waals surface area contributed by atoms with E-state index in [1.54, 1.807) is 33.7 Å². The number of piperidine rings is 1. The maximum atomic E-state index is 14.1. The third-order valence-electron chi connectivity index (χ3n) is 6.26.